The van der Waals surface area contributed by atoms with Gasteiger partial charge >= 0.3 is 6.03 Å². The summed E-state index contributed by atoms with van der Waals surface area (Å²) in [7, 11) is 1.68. The molecule has 0 radical (unpaired) electrons. The molecule has 2 fully saturated rings. The number of primary amides is 1. The van der Waals surface area contributed by atoms with Crippen molar-refractivity contribution >= 4 is 59.0 Å². The first-order chi connectivity index (χ1) is 31.4. The van der Waals surface area contributed by atoms with Crippen LogP contribution in [0.2, 0.25) is 0 Å². The smallest absolute Gasteiger partial charge is 0.315 e. The maximum absolute atomic E-state index is 12.7. The maximum atomic E-state index is 12.7. The van der Waals surface area contributed by atoms with Crippen molar-refractivity contribution in [3.05, 3.63) is 0 Å². The molecule has 8 amide bonds. The molecule has 5 atom stereocenters. The number of fused-ring (bicyclic) bond motifs is 1. The minimum absolute atomic E-state index is 0.0215. The molecular formula is C43H77N9O12S. The van der Waals surface area contributed by atoms with Gasteiger partial charge in [-0.3, -0.25) is 33.6 Å². The highest BCUT2D eigenvalue weighted by molar-refractivity contribution is 8.00. The lowest BCUT2D eigenvalue weighted by molar-refractivity contribution is -0.128. The van der Waals surface area contributed by atoms with Crippen molar-refractivity contribution in [2.24, 2.45) is 5.73 Å². The van der Waals surface area contributed by atoms with Crippen LogP contribution in [0.25, 0.3) is 0 Å². The van der Waals surface area contributed by atoms with Crippen molar-refractivity contribution in [1.29, 1.82) is 0 Å². The van der Waals surface area contributed by atoms with Gasteiger partial charge in [0, 0.05) is 62.9 Å². The molecule has 10 N–H and O–H groups in total. The van der Waals surface area contributed by atoms with Gasteiger partial charge in [0.15, 0.2) is 5.78 Å². The number of thioether (sulfide) groups is 1. The van der Waals surface area contributed by atoms with E-state index in [-0.39, 0.29) is 132 Å². The first-order valence-corrected chi connectivity index (χ1v) is 24.3. The Morgan fingerprint density at radius 1 is 0.631 bits per heavy atom. The van der Waals surface area contributed by atoms with Gasteiger partial charge in [-0.05, 0) is 71.3 Å². The van der Waals surface area contributed by atoms with Crippen LogP contribution in [0.1, 0.15) is 103 Å². The molecule has 372 valence electrons. The average molecular weight is 944 g/mol. The zero-order chi connectivity index (χ0) is 47.5. The van der Waals surface area contributed by atoms with Crippen molar-refractivity contribution in [2.45, 2.75) is 133 Å². The molecule has 0 spiro atoms. The molecule has 65 heavy (non-hydrogen) atoms. The zero-order valence-electron chi connectivity index (χ0n) is 38.6. The van der Waals surface area contributed by atoms with Crippen LogP contribution >= 0.6 is 11.8 Å². The van der Waals surface area contributed by atoms with Crippen LogP contribution < -0.4 is 48.3 Å². The molecule has 0 unspecified atom stereocenters. The summed E-state index contributed by atoms with van der Waals surface area (Å²) in [5.74, 6) is -0.484. The van der Waals surface area contributed by atoms with Gasteiger partial charge in [-0.1, -0.05) is 13.3 Å². The fourth-order valence-electron chi connectivity index (χ4n) is 7.09. The molecule has 0 aromatic rings. The Balaban J connectivity index is 1.36. The van der Waals surface area contributed by atoms with Gasteiger partial charge in [-0.2, -0.15) is 11.8 Å². The van der Waals surface area contributed by atoms with Gasteiger partial charge in [0.2, 0.25) is 35.4 Å². The summed E-state index contributed by atoms with van der Waals surface area (Å²) in [6.45, 7) is 4.66. The molecule has 0 aromatic heterocycles. The number of amides is 8. The predicted molar refractivity (Wildman–Crippen MR) is 245 cm³/mol. The van der Waals surface area contributed by atoms with Gasteiger partial charge in [0.25, 0.3) is 0 Å². The molecule has 22 heteroatoms. The molecule has 2 aliphatic heterocycles. The number of hydrogen-bond acceptors (Lipinski definition) is 14. The topological polar surface area (TPSA) is 296 Å². The number of Topliss-reactive ketones (excluding diaryl/α,β-unsaturated/α-hetero) is 1. The number of rotatable bonds is 41. The van der Waals surface area contributed by atoms with Crippen molar-refractivity contribution in [3.63, 3.8) is 0 Å². The van der Waals surface area contributed by atoms with Gasteiger partial charge in [-0.25, -0.2) is 4.79 Å². The van der Waals surface area contributed by atoms with Gasteiger partial charge < -0.3 is 67.2 Å². The van der Waals surface area contributed by atoms with Crippen molar-refractivity contribution in [2.75, 3.05) is 91.8 Å². The molecule has 0 bridgehead atoms. The van der Waals surface area contributed by atoms with Crippen molar-refractivity contribution in [1.82, 2.24) is 42.5 Å². The lowest BCUT2D eigenvalue weighted by atomic mass is 10.0. The number of ether oxygens (including phenoxy) is 4. The first kappa shape index (κ1) is 57.0. The van der Waals surface area contributed by atoms with E-state index in [1.807, 2.05) is 18.7 Å². The number of nitrogens with one attached hydrogen (secondary N) is 8. The van der Waals surface area contributed by atoms with Crippen LogP contribution in [0.4, 0.5) is 4.79 Å². The highest BCUT2D eigenvalue weighted by atomic mass is 32.2. The van der Waals surface area contributed by atoms with E-state index < -0.39 is 11.9 Å². The Labute approximate surface area is 388 Å². The van der Waals surface area contributed by atoms with Crippen molar-refractivity contribution < 1.29 is 57.3 Å². The third-order valence-electron chi connectivity index (χ3n) is 10.6. The maximum Gasteiger partial charge on any atom is 0.315 e. The summed E-state index contributed by atoms with van der Waals surface area (Å²) in [4.78, 5) is 96.4. The van der Waals surface area contributed by atoms with Crippen LogP contribution in [0.5, 0.6) is 0 Å². The molecule has 21 nitrogen and oxygen atoms in total. The summed E-state index contributed by atoms with van der Waals surface area (Å²) in [5.41, 5.74) is 5.28. The van der Waals surface area contributed by atoms with E-state index in [0.29, 0.717) is 76.3 Å². The summed E-state index contributed by atoms with van der Waals surface area (Å²) < 4.78 is 21.4. The number of likely N-dealkylation sites (N-methyl/N-ethyl adjacent to an activating group) is 1. The Kier molecular flexibility index (Phi) is 31.7. The zero-order valence-corrected chi connectivity index (χ0v) is 39.4. The normalized spacial score (nSPS) is 17.3. The number of carbonyl (C=O) groups excluding carboxylic acids is 8. The highest BCUT2D eigenvalue weighted by Crippen LogP contribution is 2.33. The molecule has 0 saturated carbocycles. The number of hydrogen-bond donors (Lipinski definition) is 9. The third-order valence-corrected chi connectivity index (χ3v) is 12.1. The minimum atomic E-state index is -0.537. The van der Waals surface area contributed by atoms with Crippen LogP contribution in [-0.2, 0) is 52.5 Å². The summed E-state index contributed by atoms with van der Waals surface area (Å²) >= 11 is 1.85. The minimum Gasteiger partial charge on any atom is -0.377 e. The fraction of sp³-hybridized carbons (Fsp3) is 0.814. The van der Waals surface area contributed by atoms with Gasteiger partial charge in [0.05, 0.1) is 63.8 Å². The van der Waals surface area contributed by atoms with Crippen molar-refractivity contribution in [3.8, 4) is 0 Å². The number of ketones is 1. The molecule has 2 heterocycles. The monoisotopic (exact) mass is 944 g/mol. The Morgan fingerprint density at radius 2 is 1.17 bits per heavy atom. The largest absolute Gasteiger partial charge is 0.377 e. The number of carbonyl (C=O) groups is 8. The van der Waals surface area contributed by atoms with E-state index in [2.05, 4.69) is 42.5 Å². The molecular weight excluding hydrogens is 867 g/mol. The molecule has 2 saturated heterocycles. The lowest BCUT2D eigenvalue weighted by Gasteiger charge is -2.18. The number of urea groups is 1. The second kappa shape index (κ2) is 36.1. The Bertz CT molecular complexity index is 1450. The highest BCUT2D eigenvalue weighted by Gasteiger charge is 2.42. The van der Waals surface area contributed by atoms with E-state index in [1.54, 1.807) is 7.05 Å². The second-order valence-corrected chi connectivity index (χ2v) is 17.3. The third kappa shape index (κ3) is 27.9. The SMILES string of the molecule is CCCC(=O)[C@H](CCCCNC(=O)CCCC(=O)NCCOCCOCC(=O)NCCOCCOCC(=O)NCCCC[C@H](NC)C(N)=O)NC(=O)CCCC[C@@H]1SC[C@@H]2NC(=O)N[C@@H]21. The van der Waals surface area contributed by atoms with Gasteiger partial charge in [0.1, 0.15) is 13.2 Å². The van der Waals surface area contributed by atoms with Gasteiger partial charge in [-0.15, -0.1) is 0 Å². The lowest BCUT2D eigenvalue weighted by Crippen LogP contribution is -2.40. The molecule has 0 aromatic carbocycles. The van der Waals surface area contributed by atoms with Crippen LogP contribution in [-0.4, -0.2) is 169 Å². The average Bonchev–Trinajstić information content (AvgIpc) is 3.83. The predicted octanol–water partition coefficient (Wildman–Crippen LogP) is -0.318. The molecule has 2 rings (SSSR count). The van der Waals surface area contributed by atoms with E-state index in [1.165, 1.54) is 0 Å². The quantitative estimate of drug-likeness (QED) is 0.0281. The Hall–Kier alpha value is -4.09. The first-order valence-electron chi connectivity index (χ1n) is 23.3. The summed E-state index contributed by atoms with van der Waals surface area (Å²) in [6.07, 6.45) is 8.66. The van der Waals surface area contributed by atoms with Crippen LogP contribution in [0.3, 0.4) is 0 Å². The second-order valence-electron chi connectivity index (χ2n) is 16.0. The van der Waals surface area contributed by atoms with Crippen LogP contribution in [0, 0.1) is 0 Å². The standard InChI is InChI=1S/C43H77N9O12S/c1-3-11-34(53)31(50-38(56)15-5-4-14-35-41-33(30-65-35)51-43(60)52-41)12-6-8-18-46-36(54)16-10-17-37(55)48-20-22-61-24-27-64-29-40(58)49-21-23-62-25-26-63-28-39(57)47-19-9-7-13-32(45-2)42(44)59/h31-33,35,41,45H,3-30H2,1-2H3,(H2,44,59)(H,46,54)(H,47,57)(H,48,55)(H,49,58)(H,50,56)(H2,51,52,60)/t31-,32-,33-,35-,41-/m0/s1. The molecule has 0 aliphatic carbocycles. The summed E-state index contributed by atoms with van der Waals surface area (Å²) in [6, 6.07) is -0.681. The number of nitrogens with two attached hydrogens (primary N) is 1. The van der Waals surface area contributed by atoms with E-state index in [0.717, 1.165) is 37.9 Å². The summed E-state index contributed by atoms with van der Waals surface area (Å²) in [5, 5.41) is 23.1. The fourth-order valence-corrected chi connectivity index (χ4v) is 8.63. The van der Waals surface area contributed by atoms with E-state index in [9.17, 15) is 38.4 Å². The number of unbranched alkanes of at least 4 members (excludes halogenated alkanes) is 3. The van der Waals surface area contributed by atoms with E-state index in [4.69, 9.17) is 24.7 Å². The molecule has 2 aliphatic rings. The van der Waals surface area contributed by atoms with Crippen LogP contribution in [0.15, 0.2) is 0 Å². The Morgan fingerprint density at radius 3 is 1.75 bits per heavy atom. The van der Waals surface area contributed by atoms with E-state index >= 15 is 0 Å².